The van der Waals surface area contributed by atoms with Gasteiger partial charge in [-0.05, 0) is 18.2 Å². The maximum absolute atomic E-state index is 12.4. The third-order valence-corrected chi connectivity index (χ3v) is 5.39. The molecule has 10 nitrogen and oxygen atoms in total. The number of halogens is 2. The minimum Gasteiger partial charge on any atom is -0.493 e. The number of hydrogen-bond donors (Lipinski definition) is 1. The van der Waals surface area contributed by atoms with Crippen LogP contribution in [0.3, 0.4) is 0 Å². The van der Waals surface area contributed by atoms with Crippen LogP contribution in [0.5, 0.6) is 11.5 Å². The Kier molecular flexibility index (Phi) is 7.56. The minimum atomic E-state index is -3.28. The zero-order valence-corrected chi connectivity index (χ0v) is 16.7. The van der Waals surface area contributed by atoms with Crippen molar-refractivity contribution in [2.24, 2.45) is 10.9 Å². The lowest BCUT2D eigenvalue weighted by atomic mass is 10.2. The number of benzene rings is 1. The monoisotopic (exact) mass is 436 g/mol. The first-order valence-electron chi connectivity index (χ1n) is 8.43. The molecule has 0 atom stereocenters. The number of amides is 1. The molecule has 0 saturated carbocycles. The van der Waals surface area contributed by atoms with E-state index >= 15 is 0 Å². The average Bonchev–Trinajstić information content (AvgIpc) is 2.67. The van der Waals surface area contributed by atoms with Gasteiger partial charge in [0.05, 0.1) is 13.4 Å². The largest absolute Gasteiger partial charge is 0.493 e. The first-order chi connectivity index (χ1) is 13.6. The number of oxime groups is 1. The van der Waals surface area contributed by atoms with Crippen LogP contribution in [0.1, 0.15) is 5.56 Å². The van der Waals surface area contributed by atoms with Crippen molar-refractivity contribution in [3.05, 3.63) is 23.8 Å². The summed E-state index contributed by atoms with van der Waals surface area (Å²) in [4.78, 5) is 18.6. The molecular weight excluding hydrogens is 414 g/mol. The second kappa shape index (κ2) is 9.69. The summed E-state index contributed by atoms with van der Waals surface area (Å²) in [5.41, 5.74) is 6.10. The van der Waals surface area contributed by atoms with E-state index in [0.29, 0.717) is 5.56 Å². The fraction of sp³-hybridized carbons (Fsp3) is 0.500. The zero-order chi connectivity index (χ0) is 21.6. The SMILES string of the molecule is COc1cc(/C(N)=N/OCC(=O)N2CCN(S(C)(=O)=O)CC2)ccc1OC(F)F. The van der Waals surface area contributed by atoms with Crippen molar-refractivity contribution in [1.29, 1.82) is 0 Å². The molecule has 1 aromatic carbocycles. The standard InChI is InChI=1S/C16H22F2N4O6S/c1-26-13-9-11(3-4-12(13)28-16(17)18)15(19)20-27-10-14(23)21-5-7-22(8-6-21)29(2,24)25/h3-4,9,16H,5-8,10H2,1-2H3,(H2,19,20). The van der Waals surface area contributed by atoms with Gasteiger partial charge in [-0.2, -0.15) is 13.1 Å². The van der Waals surface area contributed by atoms with E-state index in [4.69, 9.17) is 15.3 Å². The van der Waals surface area contributed by atoms with Crippen molar-refractivity contribution >= 4 is 21.8 Å². The summed E-state index contributed by atoms with van der Waals surface area (Å²) in [6, 6.07) is 3.97. The number of nitrogens with two attached hydrogens (primary N) is 1. The normalized spacial score (nSPS) is 16.0. The highest BCUT2D eigenvalue weighted by molar-refractivity contribution is 7.88. The average molecular weight is 436 g/mol. The van der Waals surface area contributed by atoms with Crippen LogP contribution in [0.15, 0.2) is 23.4 Å². The minimum absolute atomic E-state index is 0.0285. The van der Waals surface area contributed by atoms with E-state index in [1.165, 1.54) is 34.5 Å². The van der Waals surface area contributed by atoms with Crippen LogP contribution >= 0.6 is 0 Å². The Morgan fingerprint density at radius 3 is 2.45 bits per heavy atom. The lowest BCUT2D eigenvalue weighted by Crippen LogP contribution is -2.51. The molecule has 1 heterocycles. The molecule has 1 amide bonds. The highest BCUT2D eigenvalue weighted by Gasteiger charge is 2.26. The summed E-state index contributed by atoms with van der Waals surface area (Å²) in [6.45, 7) is -2.47. The van der Waals surface area contributed by atoms with Gasteiger partial charge in [0, 0.05) is 31.7 Å². The van der Waals surface area contributed by atoms with E-state index in [1.807, 2.05) is 0 Å². The second-order valence-electron chi connectivity index (χ2n) is 6.04. The number of sulfonamides is 1. The number of ether oxygens (including phenoxy) is 2. The molecule has 1 aliphatic heterocycles. The highest BCUT2D eigenvalue weighted by atomic mass is 32.2. The van der Waals surface area contributed by atoms with Crippen LogP contribution in [0, 0.1) is 0 Å². The summed E-state index contributed by atoms with van der Waals surface area (Å²) in [5, 5.41) is 3.65. The van der Waals surface area contributed by atoms with Gasteiger partial charge in [-0.3, -0.25) is 4.79 Å². The van der Waals surface area contributed by atoms with E-state index < -0.39 is 16.6 Å². The molecule has 0 aliphatic carbocycles. The molecule has 1 saturated heterocycles. The molecule has 0 aromatic heterocycles. The summed E-state index contributed by atoms with van der Waals surface area (Å²) in [5.74, 6) is -0.598. The van der Waals surface area contributed by atoms with Crippen molar-refractivity contribution in [2.75, 3.05) is 46.2 Å². The Labute approximate surface area is 166 Å². The number of piperazine rings is 1. The third-order valence-electron chi connectivity index (χ3n) is 4.09. The third kappa shape index (κ3) is 6.42. The first kappa shape index (κ1) is 22.6. The van der Waals surface area contributed by atoms with E-state index in [2.05, 4.69) is 9.89 Å². The molecule has 0 spiro atoms. The molecule has 29 heavy (non-hydrogen) atoms. The molecule has 0 unspecified atom stereocenters. The number of nitrogens with zero attached hydrogens (tertiary/aromatic N) is 3. The van der Waals surface area contributed by atoms with E-state index in [9.17, 15) is 22.0 Å². The van der Waals surface area contributed by atoms with Crippen molar-refractivity contribution in [3.8, 4) is 11.5 Å². The maximum atomic E-state index is 12.4. The summed E-state index contributed by atoms with van der Waals surface area (Å²) < 4.78 is 58.3. The fourth-order valence-corrected chi connectivity index (χ4v) is 3.42. The van der Waals surface area contributed by atoms with Gasteiger partial charge < -0.3 is 24.9 Å². The topological polar surface area (TPSA) is 124 Å². The smallest absolute Gasteiger partial charge is 0.387 e. The van der Waals surface area contributed by atoms with Crippen molar-refractivity contribution < 1.29 is 36.3 Å². The van der Waals surface area contributed by atoms with Crippen LogP contribution in [0.2, 0.25) is 0 Å². The number of rotatable bonds is 8. The van der Waals surface area contributed by atoms with Gasteiger partial charge in [0.2, 0.25) is 10.0 Å². The highest BCUT2D eigenvalue weighted by Crippen LogP contribution is 2.29. The van der Waals surface area contributed by atoms with Crippen LogP contribution in [0.25, 0.3) is 0 Å². The quantitative estimate of drug-likeness (QED) is 0.347. The van der Waals surface area contributed by atoms with Crippen LogP contribution in [0.4, 0.5) is 8.78 Å². The molecule has 0 bridgehead atoms. The number of amidine groups is 1. The fourth-order valence-electron chi connectivity index (χ4n) is 2.59. The van der Waals surface area contributed by atoms with Crippen molar-refractivity contribution in [2.45, 2.75) is 6.61 Å². The molecule has 2 N–H and O–H groups in total. The number of alkyl halides is 2. The van der Waals surface area contributed by atoms with Gasteiger partial charge in [-0.1, -0.05) is 5.16 Å². The predicted molar refractivity (Wildman–Crippen MR) is 99.3 cm³/mol. The Balaban J connectivity index is 1.91. The van der Waals surface area contributed by atoms with Crippen LogP contribution in [-0.2, 0) is 19.7 Å². The Morgan fingerprint density at radius 1 is 1.24 bits per heavy atom. The van der Waals surface area contributed by atoms with Gasteiger partial charge in [0.15, 0.2) is 23.9 Å². The summed E-state index contributed by atoms with van der Waals surface area (Å²) in [6.07, 6.45) is 1.12. The summed E-state index contributed by atoms with van der Waals surface area (Å²) in [7, 11) is -2.00. The number of hydrogen-bond acceptors (Lipinski definition) is 7. The molecule has 162 valence electrons. The lowest BCUT2D eigenvalue weighted by molar-refractivity contribution is -0.137. The zero-order valence-electron chi connectivity index (χ0n) is 15.9. The van der Waals surface area contributed by atoms with Gasteiger partial charge in [-0.25, -0.2) is 8.42 Å². The molecule has 1 aliphatic rings. The Hall–Kier alpha value is -2.67. The molecule has 13 heteroatoms. The molecule has 1 aromatic rings. The Morgan fingerprint density at radius 2 is 1.90 bits per heavy atom. The van der Waals surface area contributed by atoms with Gasteiger partial charge in [0.1, 0.15) is 0 Å². The van der Waals surface area contributed by atoms with E-state index in [1.54, 1.807) is 0 Å². The number of methoxy groups -OCH3 is 1. The predicted octanol–water partition coefficient (Wildman–Crippen LogP) is 0.0373. The van der Waals surface area contributed by atoms with E-state index in [-0.39, 0.29) is 56.0 Å². The van der Waals surface area contributed by atoms with Gasteiger partial charge in [-0.15, -0.1) is 0 Å². The second-order valence-corrected chi connectivity index (χ2v) is 8.02. The molecular formula is C16H22F2N4O6S. The maximum Gasteiger partial charge on any atom is 0.387 e. The molecule has 1 fully saturated rings. The van der Waals surface area contributed by atoms with Crippen LogP contribution in [-0.4, -0.2) is 82.1 Å². The lowest BCUT2D eigenvalue weighted by Gasteiger charge is -2.32. The van der Waals surface area contributed by atoms with Crippen molar-refractivity contribution in [3.63, 3.8) is 0 Å². The first-order valence-corrected chi connectivity index (χ1v) is 10.3. The van der Waals surface area contributed by atoms with Gasteiger partial charge in [0.25, 0.3) is 5.91 Å². The molecule has 0 radical (unpaired) electrons. The van der Waals surface area contributed by atoms with Gasteiger partial charge >= 0.3 is 6.61 Å². The number of carbonyl (C=O) groups excluding carboxylic acids is 1. The number of carbonyl (C=O) groups is 1. The van der Waals surface area contributed by atoms with E-state index in [0.717, 1.165) is 6.26 Å². The van der Waals surface area contributed by atoms with Crippen LogP contribution < -0.4 is 15.2 Å². The Bertz CT molecular complexity index is 857. The summed E-state index contributed by atoms with van der Waals surface area (Å²) >= 11 is 0. The van der Waals surface area contributed by atoms with Crippen molar-refractivity contribution in [1.82, 2.24) is 9.21 Å². The molecule has 2 rings (SSSR count).